The number of fused-ring (bicyclic) bond motifs is 1. The molecule has 202 valence electrons. The number of ether oxygens (including phenoxy) is 1. The maximum atomic E-state index is 14.3. The standard InChI is InChI=1S/C25H26F4N6O2S/c1-30-23(36)15-5-6-19(21(13-15)37-2)32-8-3-4-16-12-20-22(34-18-7-9-31-14-17(18)26)33-10-11-35(20)24(16)38-25(27,28)29/h5-6,10-13,17-18,31-32H,7-9,14H2,1-2H3,(H,30,36)(H,33,34)/t17-,18+/m0/s1. The molecular weight excluding hydrogens is 524 g/mol. The van der Waals surface area contributed by atoms with Crippen molar-refractivity contribution in [3.05, 3.63) is 47.8 Å². The van der Waals surface area contributed by atoms with Crippen molar-refractivity contribution >= 4 is 34.7 Å². The fraction of sp³-hybridized carbons (Fsp3) is 0.360. The van der Waals surface area contributed by atoms with E-state index < -0.39 is 17.7 Å². The average molecular weight is 551 g/mol. The first-order valence-electron chi connectivity index (χ1n) is 11.7. The van der Waals surface area contributed by atoms with Crippen LogP contribution in [-0.2, 0) is 0 Å². The molecule has 38 heavy (non-hydrogen) atoms. The van der Waals surface area contributed by atoms with Crippen LogP contribution in [0.3, 0.4) is 0 Å². The highest BCUT2D eigenvalue weighted by atomic mass is 32.2. The van der Waals surface area contributed by atoms with Crippen LogP contribution in [0.5, 0.6) is 5.75 Å². The summed E-state index contributed by atoms with van der Waals surface area (Å²) in [6, 6.07) is 5.85. The topological polar surface area (TPSA) is 91.7 Å². The third-order valence-corrected chi connectivity index (χ3v) is 6.72. The molecule has 0 aliphatic carbocycles. The first-order chi connectivity index (χ1) is 18.2. The van der Waals surface area contributed by atoms with Gasteiger partial charge in [0.05, 0.1) is 36.5 Å². The first-order valence-corrected chi connectivity index (χ1v) is 12.5. The van der Waals surface area contributed by atoms with Crippen LogP contribution >= 0.6 is 11.8 Å². The second-order valence-corrected chi connectivity index (χ2v) is 9.40. The number of carbonyl (C=O) groups is 1. The van der Waals surface area contributed by atoms with Gasteiger partial charge in [0.15, 0.2) is 5.82 Å². The summed E-state index contributed by atoms with van der Waals surface area (Å²) in [5.41, 5.74) is -3.03. The normalized spacial score (nSPS) is 17.4. The number of halogens is 4. The Morgan fingerprint density at radius 2 is 2.16 bits per heavy atom. The quantitative estimate of drug-likeness (QED) is 0.202. The van der Waals surface area contributed by atoms with E-state index in [1.165, 1.54) is 37.0 Å². The molecule has 0 unspecified atom stereocenters. The molecule has 1 saturated heterocycles. The maximum Gasteiger partial charge on any atom is 0.447 e. The number of aromatic nitrogens is 2. The Morgan fingerprint density at radius 1 is 1.34 bits per heavy atom. The van der Waals surface area contributed by atoms with Gasteiger partial charge >= 0.3 is 5.51 Å². The van der Waals surface area contributed by atoms with E-state index in [1.54, 1.807) is 18.2 Å². The minimum Gasteiger partial charge on any atom is -0.495 e. The Hall–Kier alpha value is -3.63. The summed E-state index contributed by atoms with van der Waals surface area (Å²) in [7, 11) is 2.98. The van der Waals surface area contributed by atoms with Crippen LogP contribution in [0.1, 0.15) is 22.3 Å². The third kappa shape index (κ3) is 6.43. The highest BCUT2D eigenvalue weighted by Crippen LogP contribution is 2.40. The fourth-order valence-electron chi connectivity index (χ4n) is 4.05. The summed E-state index contributed by atoms with van der Waals surface area (Å²) in [5.74, 6) is 6.10. The van der Waals surface area contributed by atoms with Gasteiger partial charge in [0, 0.05) is 43.3 Å². The Labute approximate surface area is 220 Å². The molecule has 0 radical (unpaired) electrons. The van der Waals surface area contributed by atoms with Crippen LogP contribution in [0, 0.1) is 11.8 Å². The minimum absolute atomic E-state index is 0.0972. The molecule has 0 bridgehead atoms. The molecule has 1 aliphatic heterocycles. The molecule has 2 aromatic heterocycles. The predicted molar refractivity (Wildman–Crippen MR) is 139 cm³/mol. The summed E-state index contributed by atoms with van der Waals surface area (Å²) in [6.45, 7) is 0.917. The number of hydrogen-bond acceptors (Lipinski definition) is 7. The largest absolute Gasteiger partial charge is 0.495 e. The number of anilines is 2. The third-order valence-electron chi connectivity index (χ3n) is 5.88. The SMILES string of the molecule is CNC(=O)c1ccc(NCC#Cc2cc3c(N[C@@H]4CCNC[C@@H]4F)nccn3c2SC(F)(F)F)c(OC)c1. The molecule has 2 atom stereocenters. The van der Waals surface area contributed by atoms with Gasteiger partial charge in [-0.1, -0.05) is 11.8 Å². The van der Waals surface area contributed by atoms with E-state index in [0.717, 1.165) is 0 Å². The molecule has 3 aromatic rings. The first kappa shape index (κ1) is 27.4. The molecular formula is C25H26F4N6O2S. The number of nitrogens with one attached hydrogen (secondary N) is 4. The van der Waals surface area contributed by atoms with Gasteiger partial charge in [0.25, 0.3) is 5.91 Å². The highest BCUT2D eigenvalue weighted by molar-refractivity contribution is 8.00. The van der Waals surface area contributed by atoms with Crippen LogP contribution in [-0.4, -0.2) is 66.8 Å². The van der Waals surface area contributed by atoms with E-state index in [-0.39, 0.29) is 47.2 Å². The zero-order valence-electron chi connectivity index (χ0n) is 20.6. The molecule has 13 heteroatoms. The van der Waals surface area contributed by atoms with Crippen LogP contribution in [0.15, 0.2) is 41.7 Å². The Bertz CT molecular complexity index is 1370. The number of amides is 1. The van der Waals surface area contributed by atoms with E-state index in [9.17, 15) is 22.4 Å². The predicted octanol–water partition coefficient (Wildman–Crippen LogP) is 3.89. The van der Waals surface area contributed by atoms with Crippen LogP contribution in [0.2, 0.25) is 0 Å². The number of carbonyl (C=O) groups excluding carboxylic acids is 1. The lowest BCUT2D eigenvalue weighted by Crippen LogP contribution is -2.45. The van der Waals surface area contributed by atoms with Crippen molar-refractivity contribution in [1.29, 1.82) is 0 Å². The number of hydrogen-bond donors (Lipinski definition) is 4. The number of piperidine rings is 1. The molecule has 1 fully saturated rings. The van der Waals surface area contributed by atoms with E-state index in [4.69, 9.17) is 4.74 Å². The van der Waals surface area contributed by atoms with E-state index in [2.05, 4.69) is 38.1 Å². The molecule has 0 saturated carbocycles. The van der Waals surface area contributed by atoms with Gasteiger partial charge in [0.2, 0.25) is 0 Å². The Kier molecular flexibility index (Phi) is 8.53. The van der Waals surface area contributed by atoms with Gasteiger partial charge in [-0.2, -0.15) is 13.2 Å². The highest BCUT2D eigenvalue weighted by Gasteiger charge is 2.33. The van der Waals surface area contributed by atoms with Gasteiger partial charge in [-0.3, -0.25) is 4.79 Å². The zero-order valence-corrected chi connectivity index (χ0v) is 21.4. The average Bonchev–Trinajstić information content (AvgIpc) is 3.24. The minimum atomic E-state index is -4.54. The number of methoxy groups -OCH3 is 1. The number of rotatable bonds is 7. The molecule has 4 N–H and O–H groups in total. The lowest BCUT2D eigenvalue weighted by atomic mass is 10.1. The van der Waals surface area contributed by atoms with Crippen LogP contribution in [0.25, 0.3) is 5.52 Å². The lowest BCUT2D eigenvalue weighted by Gasteiger charge is -2.28. The van der Waals surface area contributed by atoms with Crippen molar-refractivity contribution in [2.45, 2.75) is 29.2 Å². The summed E-state index contributed by atoms with van der Waals surface area (Å²) in [6.07, 6.45) is 2.15. The van der Waals surface area contributed by atoms with Gasteiger partial charge in [-0.25, -0.2) is 9.37 Å². The van der Waals surface area contributed by atoms with Crippen molar-refractivity contribution in [2.24, 2.45) is 0 Å². The fourth-order valence-corrected chi connectivity index (χ4v) is 4.75. The van der Waals surface area contributed by atoms with Crippen molar-refractivity contribution in [1.82, 2.24) is 20.0 Å². The van der Waals surface area contributed by atoms with Gasteiger partial charge < -0.3 is 30.4 Å². The van der Waals surface area contributed by atoms with Gasteiger partial charge in [-0.15, -0.1) is 0 Å². The lowest BCUT2D eigenvalue weighted by molar-refractivity contribution is -0.0329. The van der Waals surface area contributed by atoms with Crippen molar-refractivity contribution < 1.29 is 27.1 Å². The second-order valence-electron chi connectivity index (χ2n) is 8.35. The molecule has 1 aliphatic rings. The zero-order chi connectivity index (χ0) is 27.3. The van der Waals surface area contributed by atoms with E-state index >= 15 is 0 Å². The van der Waals surface area contributed by atoms with E-state index in [0.29, 0.717) is 35.5 Å². The Balaban J connectivity index is 1.60. The van der Waals surface area contributed by atoms with Crippen molar-refractivity contribution in [3.8, 4) is 17.6 Å². The summed E-state index contributed by atoms with van der Waals surface area (Å²) >= 11 is -0.272. The molecule has 0 spiro atoms. The second kappa shape index (κ2) is 11.8. The number of alkyl halides is 4. The summed E-state index contributed by atoms with van der Waals surface area (Å²) < 4.78 is 61.3. The number of thioether (sulfide) groups is 1. The summed E-state index contributed by atoms with van der Waals surface area (Å²) in [4.78, 5) is 16.1. The molecule has 1 aromatic carbocycles. The molecule has 1 amide bonds. The molecule has 3 heterocycles. The van der Waals surface area contributed by atoms with Crippen molar-refractivity contribution in [2.75, 3.05) is 44.4 Å². The summed E-state index contributed by atoms with van der Waals surface area (Å²) in [5, 5.41) is 11.5. The van der Waals surface area contributed by atoms with Crippen LogP contribution in [0.4, 0.5) is 29.1 Å². The monoisotopic (exact) mass is 550 g/mol. The number of benzene rings is 1. The molecule has 8 nitrogen and oxygen atoms in total. The van der Waals surface area contributed by atoms with E-state index in [1.807, 2.05) is 0 Å². The Morgan fingerprint density at radius 3 is 2.87 bits per heavy atom. The van der Waals surface area contributed by atoms with Crippen molar-refractivity contribution in [3.63, 3.8) is 0 Å². The smallest absolute Gasteiger partial charge is 0.447 e. The van der Waals surface area contributed by atoms with Gasteiger partial charge in [0.1, 0.15) is 16.9 Å². The maximum absolute atomic E-state index is 14.3. The van der Waals surface area contributed by atoms with Gasteiger partial charge in [-0.05, 0) is 37.2 Å². The number of nitrogens with zero attached hydrogens (tertiary/aromatic N) is 2. The molecule has 4 rings (SSSR count). The van der Waals surface area contributed by atoms with Crippen LogP contribution < -0.4 is 26.0 Å².